The molecule has 0 bridgehead atoms. The molecule has 0 saturated heterocycles. The number of carbonyl (C=O) groups is 1. The average Bonchev–Trinajstić information content (AvgIpc) is 3.46. The number of carbonyl (C=O) groups excluding carboxylic acids is 1. The van der Waals surface area contributed by atoms with Crippen molar-refractivity contribution in [3.63, 3.8) is 0 Å². The molecule has 0 unspecified atom stereocenters. The summed E-state index contributed by atoms with van der Waals surface area (Å²) in [6, 6.07) is 24.0. The van der Waals surface area contributed by atoms with Crippen LogP contribution >= 0.6 is 0 Å². The Hall–Kier alpha value is -4.13. The first-order chi connectivity index (χ1) is 15.7. The summed E-state index contributed by atoms with van der Waals surface area (Å²) in [4.78, 5) is 16.3. The van der Waals surface area contributed by atoms with Crippen LogP contribution in [-0.4, -0.2) is 40.1 Å². The second-order valence-electron chi connectivity index (χ2n) is 7.66. The average molecular weight is 425 g/mol. The Labute approximate surface area is 186 Å². The van der Waals surface area contributed by atoms with E-state index in [4.69, 9.17) is 4.74 Å². The molecule has 160 valence electrons. The summed E-state index contributed by atoms with van der Waals surface area (Å²) in [6.45, 7) is 1.14. The number of amides is 1. The number of rotatable bonds is 6. The molecule has 0 radical (unpaired) electrons. The van der Waals surface area contributed by atoms with Gasteiger partial charge in [-0.25, -0.2) is 4.98 Å². The van der Waals surface area contributed by atoms with E-state index in [9.17, 15) is 4.79 Å². The number of nitrogens with zero attached hydrogens (tertiary/aromatic N) is 4. The van der Waals surface area contributed by atoms with E-state index in [1.807, 2.05) is 39.9 Å². The van der Waals surface area contributed by atoms with Crippen LogP contribution in [0.5, 0.6) is 0 Å². The van der Waals surface area contributed by atoms with Gasteiger partial charge in [0.15, 0.2) is 6.73 Å². The maximum absolute atomic E-state index is 11.9. The first-order valence-corrected chi connectivity index (χ1v) is 10.5. The predicted molar refractivity (Wildman–Crippen MR) is 124 cm³/mol. The number of imidazole rings is 1. The van der Waals surface area contributed by atoms with Crippen molar-refractivity contribution in [3.05, 3.63) is 95.8 Å². The summed E-state index contributed by atoms with van der Waals surface area (Å²) in [5, 5.41) is 9.17. The van der Waals surface area contributed by atoms with E-state index in [0.29, 0.717) is 25.3 Å². The van der Waals surface area contributed by atoms with Crippen LogP contribution in [0.15, 0.2) is 84.2 Å². The fourth-order valence-corrected chi connectivity index (χ4v) is 3.78. The standard InChI is InChI=1S/C25H23N5O2/c1-26-25(31)20-9-12-23-22(14-20)27-16-30(23)21-10-7-19(8-11-21)15-29-17-32-24(28-29)13-18-5-3-2-4-6-18/h2-12,14,16H,13,15,17H2,1H3,(H,26,31). The summed E-state index contributed by atoms with van der Waals surface area (Å²) in [7, 11) is 1.62. The molecule has 0 aliphatic carbocycles. The highest BCUT2D eigenvalue weighted by Gasteiger charge is 2.16. The Bertz CT molecular complexity index is 1280. The maximum Gasteiger partial charge on any atom is 0.251 e. The van der Waals surface area contributed by atoms with Crippen molar-refractivity contribution in [3.8, 4) is 5.69 Å². The lowest BCUT2D eigenvalue weighted by molar-refractivity contribution is 0.0963. The molecule has 1 aromatic heterocycles. The first-order valence-electron chi connectivity index (χ1n) is 10.5. The van der Waals surface area contributed by atoms with Crippen molar-refractivity contribution >= 4 is 22.8 Å². The van der Waals surface area contributed by atoms with Gasteiger partial charge in [0.1, 0.15) is 6.33 Å². The molecule has 1 aliphatic rings. The molecule has 2 heterocycles. The largest absolute Gasteiger partial charge is 0.457 e. The number of ether oxygens (including phenoxy) is 1. The quantitative estimate of drug-likeness (QED) is 0.511. The minimum Gasteiger partial charge on any atom is -0.457 e. The predicted octanol–water partition coefficient (Wildman–Crippen LogP) is 3.73. The molecule has 7 heteroatoms. The van der Waals surface area contributed by atoms with Crippen LogP contribution in [0.1, 0.15) is 21.5 Å². The first kappa shape index (κ1) is 19.8. The third kappa shape index (κ3) is 4.05. The van der Waals surface area contributed by atoms with Gasteiger partial charge >= 0.3 is 0 Å². The fraction of sp³-hybridized carbons (Fsp3) is 0.160. The zero-order valence-electron chi connectivity index (χ0n) is 17.7. The van der Waals surface area contributed by atoms with Crippen molar-refractivity contribution < 1.29 is 9.53 Å². The SMILES string of the molecule is CNC(=O)c1ccc2c(c1)ncn2-c1ccc(CN2COC(Cc3ccccc3)=N2)cc1. The molecule has 0 spiro atoms. The van der Waals surface area contributed by atoms with Gasteiger partial charge in [0.05, 0.1) is 24.0 Å². The van der Waals surface area contributed by atoms with Gasteiger partial charge < -0.3 is 10.1 Å². The lowest BCUT2D eigenvalue weighted by Crippen LogP contribution is -2.17. The van der Waals surface area contributed by atoms with E-state index >= 15 is 0 Å². The third-order valence-electron chi connectivity index (χ3n) is 5.45. The third-order valence-corrected chi connectivity index (χ3v) is 5.45. The van der Waals surface area contributed by atoms with Crippen LogP contribution in [0.25, 0.3) is 16.7 Å². The van der Waals surface area contributed by atoms with Crippen molar-refractivity contribution in [1.82, 2.24) is 19.9 Å². The van der Waals surface area contributed by atoms with Gasteiger partial charge in [-0.2, -0.15) is 0 Å². The molecule has 1 amide bonds. The molecule has 0 fully saturated rings. The maximum atomic E-state index is 11.9. The highest BCUT2D eigenvalue weighted by molar-refractivity contribution is 5.97. The van der Waals surface area contributed by atoms with Crippen LogP contribution in [0, 0.1) is 0 Å². The van der Waals surface area contributed by atoms with Crippen LogP contribution in [0.4, 0.5) is 0 Å². The highest BCUT2D eigenvalue weighted by Crippen LogP contribution is 2.21. The van der Waals surface area contributed by atoms with E-state index < -0.39 is 0 Å². The summed E-state index contributed by atoms with van der Waals surface area (Å²) in [6.07, 6.45) is 2.48. The minimum absolute atomic E-state index is 0.119. The Kier molecular flexibility index (Phi) is 5.29. The van der Waals surface area contributed by atoms with Gasteiger partial charge in [-0.15, -0.1) is 5.10 Å². The number of benzene rings is 3. The van der Waals surface area contributed by atoms with Gasteiger partial charge in [-0.1, -0.05) is 42.5 Å². The Balaban J connectivity index is 1.28. The van der Waals surface area contributed by atoms with Gasteiger partial charge in [0.25, 0.3) is 5.91 Å². The molecular weight excluding hydrogens is 402 g/mol. The molecule has 0 atom stereocenters. The molecule has 1 aliphatic heterocycles. The van der Waals surface area contributed by atoms with Crippen LogP contribution in [0.2, 0.25) is 0 Å². The van der Waals surface area contributed by atoms with E-state index in [2.05, 4.69) is 51.8 Å². The normalized spacial score (nSPS) is 13.2. The van der Waals surface area contributed by atoms with Crippen LogP contribution in [0.3, 0.4) is 0 Å². The van der Waals surface area contributed by atoms with Gasteiger partial charge in [-0.05, 0) is 41.5 Å². The molecule has 0 saturated carbocycles. The molecular formula is C25H23N5O2. The molecule has 5 rings (SSSR count). The van der Waals surface area contributed by atoms with Crippen molar-refractivity contribution in [2.75, 3.05) is 13.8 Å². The summed E-state index contributed by atoms with van der Waals surface area (Å²) >= 11 is 0. The van der Waals surface area contributed by atoms with Crippen LogP contribution in [-0.2, 0) is 17.7 Å². The fourth-order valence-electron chi connectivity index (χ4n) is 3.78. The molecule has 32 heavy (non-hydrogen) atoms. The Morgan fingerprint density at radius 1 is 1.03 bits per heavy atom. The van der Waals surface area contributed by atoms with Gasteiger partial charge in [0, 0.05) is 18.3 Å². The highest BCUT2D eigenvalue weighted by atomic mass is 16.5. The molecule has 4 aromatic rings. The van der Waals surface area contributed by atoms with Crippen molar-refractivity contribution in [2.45, 2.75) is 13.0 Å². The number of nitrogens with one attached hydrogen (secondary N) is 1. The second kappa shape index (κ2) is 8.55. The second-order valence-corrected chi connectivity index (χ2v) is 7.66. The van der Waals surface area contributed by atoms with Gasteiger partial charge in [-0.3, -0.25) is 14.4 Å². The summed E-state index contributed by atoms with van der Waals surface area (Å²) in [5.74, 6) is 0.625. The number of hydrazone groups is 1. The summed E-state index contributed by atoms with van der Waals surface area (Å²) < 4.78 is 7.76. The Morgan fingerprint density at radius 3 is 2.62 bits per heavy atom. The van der Waals surface area contributed by atoms with E-state index in [0.717, 1.165) is 28.2 Å². The van der Waals surface area contributed by atoms with Gasteiger partial charge in [0.2, 0.25) is 5.90 Å². The summed E-state index contributed by atoms with van der Waals surface area (Å²) in [5.41, 5.74) is 5.68. The molecule has 3 aromatic carbocycles. The van der Waals surface area contributed by atoms with Crippen molar-refractivity contribution in [2.24, 2.45) is 5.10 Å². The van der Waals surface area contributed by atoms with Crippen molar-refractivity contribution in [1.29, 1.82) is 0 Å². The molecule has 7 nitrogen and oxygen atoms in total. The zero-order valence-corrected chi connectivity index (χ0v) is 17.7. The number of aromatic nitrogens is 2. The van der Waals surface area contributed by atoms with Crippen LogP contribution < -0.4 is 5.32 Å². The lowest BCUT2D eigenvalue weighted by atomic mass is 10.1. The minimum atomic E-state index is -0.119. The van der Waals surface area contributed by atoms with E-state index in [1.54, 1.807) is 19.4 Å². The number of fused-ring (bicyclic) bond motifs is 1. The number of hydrogen-bond acceptors (Lipinski definition) is 5. The smallest absolute Gasteiger partial charge is 0.251 e. The number of hydrogen-bond donors (Lipinski definition) is 1. The monoisotopic (exact) mass is 425 g/mol. The van der Waals surface area contributed by atoms with E-state index in [-0.39, 0.29) is 5.91 Å². The zero-order chi connectivity index (χ0) is 21.9. The molecule has 1 N–H and O–H groups in total. The van der Waals surface area contributed by atoms with E-state index in [1.165, 1.54) is 5.56 Å². The lowest BCUT2D eigenvalue weighted by Gasteiger charge is -2.12. The Morgan fingerprint density at radius 2 is 1.84 bits per heavy atom. The topological polar surface area (TPSA) is 71.8 Å².